The van der Waals surface area contributed by atoms with E-state index in [0.29, 0.717) is 5.69 Å². The van der Waals surface area contributed by atoms with Crippen LogP contribution in [0.2, 0.25) is 0 Å². The summed E-state index contributed by atoms with van der Waals surface area (Å²) in [6.07, 6.45) is 6.24. The Labute approximate surface area is 96.0 Å². The summed E-state index contributed by atoms with van der Waals surface area (Å²) in [5.74, 6) is -0.0107. The molecule has 16 heavy (non-hydrogen) atoms. The van der Waals surface area contributed by atoms with Crippen LogP contribution in [0.15, 0.2) is 12.4 Å². The van der Waals surface area contributed by atoms with Crippen molar-refractivity contribution >= 4 is 11.6 Å². The van der Waals surface area contributed by atoms with E-state index in [1.165, 1.54) is 6.20 Å². The van der Waals surface area contributed by atoms with Gasteiger partial charge in [0.1, 0.15) is 6.54 Å². The van der Waals surface area contributed by atoms with E-state index < -0.39 is 0 Å². The molecule has 0 aromatic carbocycles. The van der Waals surface area contributed by atoms with Crippen LogP contribution in [0.4, 0.5) is 5.69 Å². The molecule has 3 N–H and O–H groups in total. The Morgan fingerprint density at radius 3 is 2.88 bits per heavy atom. The van der Waals surface area contributed by atoms with Gasteiger partial charge >= 0.3 is 0 Å². The van der Waals surface area contributed by atoms with Gasteiger partial charge in [-0.15, -0.1) is 0 Å². The minimum Gasteiger partial charge on any atom is -0.396 e. The Morgan fingerprint density at radius 1 is 1.62 bits per heavy atom. The average molecular weight is 224 g/mol. The number of nitrogen functional groups attached to an aromatic ring is 1. The van der Waals surface area contributed by atoms with Crippen molar-refractivity contribution in [2.24, 2.45) is 0 Å². The topological polar surface area (TPSA) is 72.9 Å². The summed E-state index contributed by atoms with van der Waals surface area (Å²) in [5.41, 5.74) is 6.09. The van der Waals surface area contributed by atoms with Crippen molar-refractivity contribution in [1.82, 2.24) is 15.1 Å². The second kappa shape index (κ2) is 6.15. The van der Waals surface area contributed by atoms with Gasteiger partial charge in [-0.1, -0.05) is 20.3 Å². The number of hydrogen-bond donors (Lipinski definition) is 2. The van der Waals surface area contributed by atoms with Crippen molar-refractivity contribution in [2.75, 3.05) is 5.73 Å². The lowest BCUT2D eigenvalue weighted by Crippen LogP contribution is -2.36. The number of carbonyl (C=O) groups is 1. The van der Waals surface area contributed by atoms with Crippen LogP contribution in [0.25, 0.3) is 0 Å². The monoisotopic (exact) mass is 224 g/mol. The first-order chi connectivity index (χ1) is 7.65. The highest BCUT2D eigenvalue weighted by Gasteiger charge is 2.10. The summed E-state index contributed by atoms with van der Waals surface area (Å²) in [6, 6.07) is 0.269. The van der Waals surface area contributed by atoms with Crippen LogP contribution in [-0.2, 0) is 11.3 Å². The van der Waals surface area contributed by atoms with Gasteiger partial charge in [0.15, 0.2) is 0 Å². The van der Waals surface area contributed by atoms with Crippen molar-refractivity contribution < 1.29 is 4.79 Å². The molecule has 1 atom stereocenters. The maximum atomic E-state index is 11.7. The lowest BCUT2D eigenvalue weighted by molar-refractivity contribution is -0.122. The van der Waals surface area contributed by atoms with Crippen molar-refractivity contribution in [3.8, 4) is 0 Å². The van der Waals surface area contributed by atoms with Gasteiger partial charge in [-0.3, -0.25) is 9.48 Å². The summed E-state index contributed by atoms with van der Waals surface area (Å²) in [6.45, 7) is 4.42. The van der Waals surface area contributed by atoms with Crippen molar-refractivity contribution in [3.63, 3.8) is 0 Å². The number of hydrogen-bond acceptors (Lipinski definition) is 3. The standard InChI is InChI=1S/C11H20N4O/c1-3-5-10(4-2)14-11(16)8-15-7-9(12)6-13-15/h6-7,10H,3-5,8,12H2,1-2H3,(H,14,16). The van der Waals surface area contributed by atoms with Crippen molar-refractivity contribution in [1.29, 1.82) is 0 Å². The molecule has 1 heterocycles. The molecular weight excluding hydrogens is 204 g/mol. The second-order valence-electron chi connectivity index (χ2n) is 3.93. The first-order valence-corrected chi connectivity index (χ1v) is 5.73. The summed E-state index contributed by atoms with van der Waals surface area (Å²) in [4.78, 5) is 11.7. The van der Waals surface area contributed by atoms with E-state index >= 15 is 0 Å². The van der Waals surface area contributed by atoms with Crippen LogP contribution in [-0.4, -0.2) is 21.7 Å². The minimum atomic E-state index is -0.0107. The molecule has 1 aromatic heterocycles. The molecular formula is C11H20N4O. The highest BCUT2D eigenvalue weighted by molar-refractivity contribution is 5.76. The predicted octanol–water partition coefficient (Wildman–Crippen LogP) is 1.16. The van der Waals surface area contributed by atoms with E-state index in [0.717, 1.165) is 19.3 Å². The average Bonchev–Trinajstić information content (AvgIpc) is 2.63. The molecule has 1 unspecified atom stereocenters. The highest BCUT2D eigenvalue weighted by Crippen LogP contribution is 2.02. The number of nitrogens with two attached hydrogens (primary N) is 1. The zero-order chi connectivity index (χ0) is 12.0. The van der Waals surface area contributed by atoms with Crippen LogP contribution in [0.1, 0.15) is 33.1 Å². The van der Waals surface area contributed by atoms with E-state index in [4.69, 9.17) is 5.73 Å². The number of rotatable bonds is 6. The molecule has 0 radical (unpaired) electrons. The number of carbonyl (C=O) groups excluding carboxylic acids is 1. The molecule has 1 aromatic rings. The van der Waals surface area contributed by atoms with E-state index in [1.54, 1.807) is 10.9 Å². The van der Waals surface area contributed by atoms with Gasteiger partial charge in [-0.25, -0.2) is 0 Å². The molecule has 0 aliphatic rings. The Kier molecular flexibility index (Phi) is 4.82. The molecule has 0 saturated heterocycles. The molecule has 0 aliphatic heterocycles. The molecule has 0 bridgehead atoms. The van der Waals surface area contributed by atoms with Gasteiger partial charge in [0.2, 0.25) is 5.91 Å². The van der Waals surface area contributed by atoms with E-state index in [1.807, 2.05) is 0 Å². The summed E-state index contributed by atoms with van der Waals surface area (Å²) in [7, 11) is 0. The van der Waals surface area contributed by atoms with Crippen LogP contribution in [0.3, 0.4) is 0 Å². The summed E-state index contributed by atoms with van der Waals surface area (Å²) < 4.78 is 1.54. The maximum Gasteiger partial charge on any atom is 0.241 e. The van der Waals surface area contributed by atoms with E-state index in [9.17, 15) is 4.79 Å². The molecule has 0 spiro atoms. The van der Waals surface area contributed by atoms with Crippen LogP contribution in [0.5, 0.6) is 0 Å². The fourth-order valence-corrected chi connectivity index (χ4v) is 1.61. The van der Waals surface area contributed by atoms with Gasteiger partial charge in [0.05, 0.1) is 11.9 Å². The molecule has 1 rings (SSSR count). The quantitative estimate of drug-likeness (QED) is 0.761. The SMILES string of the molecule is CCCC(CC)NC(=O)Cn1cc(N)cn1. The van der Waals surface area contributed by atoms with Gasteiger partial charge < -0.3 is 11.1 Å². The normalized spacial score (nSPS) is 12.4. The molecule has 90 valence electrons. The van der Waals surface area contributed by atoms with Gasteiger partial charge in [-0.2, -0.15) is 5.10 Å². The predicted molar refractivity (Wildman–Crippen MR) is 63.8 cm³/mol. The summed E-state index contributed by atoms with van der Waals surface area (Å²) in [5, 5.41) is 6.95. The Balaban J connectivity index is 2.40. The van der Waals surface area contributed by atoms with Gasteiger partial charge in [0.25, 0.3) is 0 Å². The van der Waals surface area contributed by atoms with Crippen molar-refractivity contribution in [3.05, 3.63) is 12.4 Å². The lowest BCUT2D eigenvalue weighted by atomic mass is 10.1. The van der Waals surface area contributed by atoms with E-state index in [2.05, 4.69) is 24.3 Å². The maximum absolute atomic E-state index is 11.7. The van der Waals surface area contributed by atoms with Crippen LogP contribution < -0.4 is 11.1 Å². The summed E-state index contributed by atoms with van der Waals surface area (Å²) >= 11 is 0. The molecule has 1 amide bonds. The molecule has 0 fully saturated rings. The zero-order valence-corrected chi connectivity index (χ0v) is 9.94. The van der Waals surface area contributed by atoms with Crippen LogP contribution >= 0.6 is 0 Å². The number of amides is 1. The third-order valence-electron chi connectivity index (χ3n) is 2.45. The molecule has 0 saturated carbocycles. The van der Waals surface area contributed by atoms with Gasteiger partial charge in [0, 0.05) is 12.2 Å². The smallest absolute Gasteiger partial charge is 0.241 e. The van der Waals surface area contributed by atoms with Crippen LogP contribution in [0, 0.1) is 0 Å². The number of nitrogens with zero attached hydrogens (tertiary/aromatic N) is 2. The fourth-order valence-electron chi connectivity index (χ4n) is 1.61. The van der Waals surface area contributed by atoms with Crippen molar-refractivity contribution in [2.45, 2.75) is 45.7 Å². The largest absolute Gasteiger partial charge is 0.396 e. The lowest BCUT2D eigenvalue weighted by Gasteiger charge is -2.15. The molecule has 0 aliphatic carbocycles. The molecule has 5 heteroatoms. The highest BCUT2D eigenvalue weighted by atomic mass is 16.2. The first kappa shape index (κ1) is 12.5. The number of aromatic nitrogens is 2. The fraction of sp³-hybridized carbons (Fsp3) is 0.636. The zero-order valence-electron chi connectivity index (χ0n) is 9.94. The van der Waals surface area contributed by atoms with Gasteiger partial charge in [-0.05, 0) is 12.8 Å². The Bertz CT molecular complexity index is 334. The number of anilines is 1. The molecule has 5 nitrogen and oxygen atoms in total. The van der Waals surface area contributed by atoms with E-state index in [-0.39, 0.29) is 18.5 Å². The Morgan fingerprint density at radius 2 is 2.38 bits per heavy atom. The second-order valence-corrected chi connectivity index (χ2v) is 3.93. The number of nitrogens with one attached hydrogen (secondary N) is 1. The minimum absolute atomic E-state index is 0.0107. The third kappa shape index (κ3) is 3.92. The third-order valence-corrected chi connectivity index (χ3v) is 2.45. The Hall–Kier alpha value is -1.52. The first-order valence-electron chi connectivity index (χ1n) is 5.73.